The third-order valence-corrected chi connectivity index (χ3v) is 4.40. The van der Waals surface area contributed by atoms with Crippen molar-refractivity contribution in [3.63, 3.8) is 0 Å². The fourth-order valence-corrected chi connectivity index (χ4v) is 2.90. The monoisotopic (exact) mass is 368 g/mol. The lowest BCUT2D eigenvalue weighted by atomic mass is 10.0. The van der Waals surface area contributed by atoms with Gasteiger partial charge in [-0.2, -0.15) is 0 Å². The highest BCUT2D eigenvalue weighted by atomic mass is 16.4. The SMILES string of the molecule is CCN(CC(=O)Nc1c(C)cccc1C)C(=O)Cc1ccccc1C(=O)O. The predicted molar refractivity (Wildman–Crippen MR) is 104 cm³/mol. The lowest BCUT2D eigenvalue weighted by Gasteiger charge is -2.21. The number of nitrogens with one attached hydrogen (secondary N) is 1. The van der Waals surface area contributed by atoms with E-state index in [1.165, 1.54) is 11.0 Å². The molecule has 6 heteroatoms. The minimum atomic E-state index is -1.07. The predicted octanol–water partition coefficient (Wildman–Crippen LogP) is 3.03. The standard InChI is InChI=1S/C21H24N2O4/c1-4-23(13-18(24)22-20-14(2)8-7-9-15(20)3)19(25)12-16-10-5-6-11-17(16)21(26)27/h5-11H,4,12-13H2,1-3H3,(H,22,24)(H,26,27). The van der Waals surface area contributed by atoms with Gasteiger partial charge in [0.2, 0.25) is 11.8 Å². The Morgan fingerprint density at radius 3 is 2.22 bits per heavy atom. The molecular formula is C21H24N2O4. The van der Waals surface area contributed by atoms with Gasteiger partial charge in [-0.25, -0.2) is 4.79 Å². The van der Waals surface area contributed by atoms with Crippen LogP contribution in [0.3, 0.4) is 0 Å². The van der Waals surface area contributed by atoms with Crippen LogP contribution in [0.15, 0.2) is 42.5 Å². The lowest BCUT2D eigenvalue weighted by Crippen LogP contribution is -2.39. The Balaban J connectivity index is 2.07. The molecule has 0 bridgehead atoms. The van der Waals surface area contributed by atoms with Gasteiger partial charge in [-0.15, -0.1) is 0 Å². The van der Waals surface area contributed by atoms with Crippen LogP contribution in [0.1, 0.15) is 34.0 Å². The summed E-state index contributed by atoms with van der Waals surface area (Å²) in [4.78, 5) is 37.7. The van der Waals surface area contributed by atoms with Crippen LogP contribution in [0.25, 0.3) is 0 Å². The van der Waals surface area contributed by atoms with Crippen molar-refractivity contribution in [2.24, 2.45) is 0 Å². The molecule has 142 valence electrons. The van der Waals surface area contributed by atoms with Crippen molar-refractivity contribution in [1.29, 1.82) is 0 Å². The van der Waals surface area contributed by atoms with E-state index < -0.39 is 5.97 Å². The largest absolute Gasteiger partial charge is 0.478 e. The third-order valence-electron chi connectivity index (χ3n) is 4.40. The van der Waals surface area contributed by atoms with Crippen molar-refractivity contribution < 1.29 is 19.5 Å². The molecule has 0 heterocycles. The highest BCUT2D eigenvalue weighted by Crippen LogP contribution is 2.19. The molecule has 0 aliphatic heterocycles. The quantitative estimate of drug-likeness (QED) is 0.786. The van der Waals surface area contributed by atoms with E-state index in [1.54, 1.807) is 25.1 Å². The van der Waals surface area contributed by atoms with Gasteiger partial charge in [-0.3, -0.25) is 9.59 Å². The summed E-state index contributed by atoms with van der Waals surface area (Å²) in [6.07, 6.45) is -0.0625. The van der Waals surface area contributed by atoms with Crippen molar-refractivity contribution >= 4 is 23.5 Å². The van der Waals surface area contributed by atoms with Crippen LogP contribution in [0.5, 0.6) is 0 Å². The number of nitrogens with zero attached hydrogens (tertiary/aromatic N) is 1. The highest BCUT2D eigenvalue weighted by Gasteiger charge is 2.19. The first kappa shape index (κ1) is 20.2. The van der Waals surface area contributed by atoms with E-state index in [4.69, 9.17) is 0 Å². The molecule has 2 rings (SSSR count). The molecule has 2 aromatic rings. The molecule has 0 atom stereocenters. The fourth-order valence-electron chi connectivity index (χ4n) is 2.90. The van der Waals surface area contributed by atoms with Gasteiger partial charge in [0.25, 0.3) is 0 Å². The van der Waals surface area contributed by atoms with E-state index in [-0.39, 0.29) is 30.3 Å². The topological polar surface area (TPSA) is 86.7 Å². The Morgan fingerprint density at radius 2 is 1.63 bits per heavy atom. The number of carbonyl (C=O) groups excluding carboxylic acids is 2. The molecule has 27 heavy (non-hydrogen) atoms. The number of carboxylic acid groups (broad SMARTS) is 1. The molecule has 2 amide bonds. The zero-order chi connectivity index (χ0) is 20.0. The highest BCUT2D eigenvalue weighted by molar-refractivity contribution is 5.96. The van der Waals surface area contributed by atoms with Crippen molar-refractivity contribution in [2.75, 3.05) is 18.4 Å². The molecule has 0 fully saturated rings. The Labute approximate surface area is 158 Å². The van der Waals surface area contributed by atoms with Crippen molar-refractivity contribution in [3.05, 3.63) is 64.7 Å². The van der Waals surface area contributed by atoms with Crippen molar-refractivity contribution in [1.82, 2.24) is 4.90 Å². The molecule has 0 saturated carbocycles. The number of carboxylic acids is 1. The van der Waals surface area contributed by atoms with Crippen LogP contribution in [0.4, 0.5) is 5.69 Å². The first-order chi connectivity index (χ1) is 12.8. The van der Waals surface area contributed by atoms with Crippen LogP contribution in [0.2, 0.25) is 0 Å². The van der Waals surface area contributed by atoms with E-state index in [0.29, 0.717) is 12.1 Å². The molecule has 6 nitrogen and oxygen atoms in total. The number of likely N-dealkylation sites (N-methyl/N-ethyl adjacent to an activating group) is 1. The number of amides is 2. The summed E-state index contributed by atoms with van der Waals surface area (Å²) in [6, 6.07) is 12.1. The molecule has 0 unspecified atom stereocenters. The van der Waals surface area contributed by atoms with Crippen molar-refractivity contribution in [2.45, 2.75) is 27.2 Å². The van der Waals surface area contributed by atoms with Crippen LogP contribution in [0, 0.1) is 13.8 Å². The summed E-state index contributed by atoms with van der Waals surface area (Å²) in [7, 11) is 0. The fraction of sp³-hybridized carbons (Fsp3) is 0.286. The summed E-state index contributed by atoms with van der Waals surface area (Å²) in [6.45, 7) is 5.88. The molecule has 2 aromatic carbocycles. The number of hydrogen-bond donors (Lipinski definition) is 2. The summed E-state index contributed by atoms with van der Waals surface area (Å²) in [5, 5.41) is 12.1. The number of rotatable bonds is 7. The zero-order valence-electron chi connectivity index (χ0n) is 15.8. The Hall–Kier alpha value is -3.15. The van der Waals surface area contributed by atoms with Gasteiger partial charge in [-0.1, -0.05) is 36.4 Å². The zero-order valence-corrected chi connectivity index (χ0v) is 15.8. The van der Waals surface area contributed by atoms with Gasteiger partial charge in [0, 0.05) is 12.2 Å². The molecule has 2 N–H and O–H groups in total. The molecule has 0 radical (unpaired) electrons. The van der Waals surface area contributed by atoms with Crippen LogP contribution in [-0.4, -0.2) is 40.9 Å². The number of anilines is 1. The van der Waals surface area contributed by atoms with E-state index in [9.17, 15) is 19.5 Å². The maximum absolute atomic E-state index is 12.6. The molecule has 0 saturated heterocycles. The number of carbonyl (C=O) groups is 3. The number of hydrogen-bond acceptors (Lipinski definition) is 3. The van der Waals surface area contributed by atoms with Crippen LogP contribution in [-0.2, 0) is 16.0 Å². The van der Waals surface area contributed by atoms with Gasteiger partial charge < -0.3 is 15.3 Å². The van der Waals surface area contributed by atoms with E-state index in [0.717, 1.165) is 16.8 Å². The number of para-hydroxylation sites is 1. The average molecular weight is 368 g/mol. The molecule has 0 spiro atoms. The summed E-state index contributed by atoms with van der Waals surface area (Å²) in [5.41, 5.74) is 3.19. The molecule has 0 aromatic heterocycles. The van der Waals surface area contributed by atoms with Gasteiger partial charge in [0.05, 0.1) is 18.5 Å². The van der Waals surface area contributed by atoms with Crippen LogP contribution < -0.4 is 5.32 Å². The first-order valence-electron chi connectivity index (χ1n) is 8.78. The molecular weight excluding hydrogens is 344 g/mol. The second kappa shape index (κ2) is 8.98. The van der Waals surface area contributed by atoms with Gasteiger partial charge in [0.1, 0.15) is 0 Å². The minimum Gasteiger partial charge on any atom is -0.478 e. The Morgan fingerprint density at radius 1 is 1.00 bits per heavy atom. The van der Waals surface area contributed by atoms with E-state index in [1.807, 2.05) is 32.0 Å². The maximum Gasteiger partial charge on any atom is 0.335 e. The van der Waals surface area contributed by atoms with Gasteiger partial charge >= 0.3 is 5.97 Å². The Bertz CT molecular complexity index is 841. The van der Waals surface area contributed by atoms with Crippen molar-refractivity contribution in [3.8, 4) is 0 Å². The van der Waals surface area contributed by atoms with E-state index in [2.05, 4.69) is 5.32 Å². The lowest BCUT2D eigenvalue weighted by molar-refractivity contribution is -0.133. The first-order valence-corrected chi connectivity index (χ1v) is 8.78. The third kappa shape index (κ3) is 5.17. The van der Waals surface area contributed by atoms with E-state index >= 15 is 0 Å². The second-order valence-corrected chi connectivity index (χ2v) is 6.36. The smallest absolute Gasteiger partial charge is 0.335 e. The minimum absolute atomic E-state index is 0.0625. The number of benzene rings is 2. The second-order valence-electron chi connectivity index (χ2n) is 6.36. The molecule has 0 aliphatic rings. The summed E-state index contributed by atoms with van der Waals surface area (Å²) >= 11 is 0. The van der Waals surface area contributed by atoms with Gasteiger partial charge in [0.15, 0.2) is 0 Å². The van der Waals surface area contributed by atoms with Crippen LogP contribution >= 0.6 is 0 Å². The number of aryl methyl sites for hydroxylation is 2. The summed E-state index contributed by atoms with van der Waals surface area (Å²) < 4.78 is 0. The number of aromatic carboxylic acids is 1. The summed E-state index contributed by atoms with van der Waals surface area (Å²) in [5.74, 6) is -1.65. The Kier molecular flexibility index (Phi) is 6.71. The molecule has 0 aliphatic carbocycles. The average Bonchev–Trinajstić information content (AvgIpc) is 2.63. The maximum atomic E-state index is 12.6. The van der Waals surface area contributed by atoms with Gasteiger partial charge in [-0.05, 0) is 43.5 Å². The normalized spacial score (nSPS) is 10.3.